The molecule has 2 nitrogen and oxygen atoms in total. The molecule has 0 aromatic carbocycles. The van der Waals surface area contributed by atoms with Gasteiger partial charge in [-0.2, -0.15) is 0 Å². The fourth-order valence-electron chi connectivity index (χ4n) is 1.83. The maximum atomic E-state index is 4.41. The molecule has 1 aromatic heterocycles. The molecule has 1 aromatic rings. The average Bonchev–Trinajstić information content (AvgIpc) is 2.53. The zero-order valence-corrected chi connectivity index (χ0v) is 8.86. The van der Waals surface area contributed by atoms with Gasteiger partial charge in [-0.15, -0.1) is 11.3 Å². The summed E-state index contributed by atoms with van der Waals surface area (Å²) in [5.41, 5.74) is 0. The highest BCUT2D eigenvalue weighted by atomic mass is 32.1. The fourth-order valence-corrected chi connectivity index (χ4v) is 2.73. The van der Waals surface area contributed by atoms with Crippen LogP contribution >= 0.6 is 11.3 Å². The smallest absolute Gasteiger partial charge is 0.0930 e. The SMILES string of the molecule is Cc1cnc(CC2CCNCC2)s1. The first-order chi connectivity index (χ1) is 6.34. The molecule has 1 saturated heterocycles. The summed E-state index contributed by atoms with van der Waals surface area (Å²) in [6.07, 6.45) is 5.82. The Morgan fingerprint density at radius 1 is 1.54 bits per heavy atom. The third-order valence-electron chi connectivity index (χ3n) is 2.59. The molecule has 0 bridgehead atoms. The van der Waals surface area contributed by atoms with Crippen LogP contribution in [0.25, 0.3) is 0 Å². The van der Waals surface area contributed by atoms with Gasteiger partial charge in [-0.05, 0) is 38.8 Å². The van der Waals surface area contributed by atoms with Crippen LogP contribution in [0.4, 0.5) is 0 Å². The molecule has 3 heteroatoms. The topological polar surface area (TPSA) is 24.9 Å². The van der Waals surface area contributed by atoms with Gasteiger partial charge in [-0.1, -0.05) is 0 Å². The fraction of sp³-hybridized carbons (Fsp3) is 0.700. The first kappa shape index (κ1) is 9.16. The monoisotopic (exact) mass is 196 g/mol. The maximum absolute atomic E-state index is 4.41. The van der Waals surface area contributed by atoms with E-state index in [1.54, 1.807) is 0 Å². The van der Waals surface area contributed by atoms with E-state index in [-0.39, 0.29) is 0 Å². The molecular formula is C10H16N2S. The van der Waals surface area contributed by atoms with Crippen molar-refractivity contribution < 1.29 is 0 Å². The van der Waals surface area contributed by atoms with Crippen molar-refractivity contribution in [2.45, 2.75) is 26.2 Å². The minimum absolute atomic E-state index is 0.867. The van der Waals surface area contributed by atoms with E-state index in [1.807, 2.05) is 17.5 Å². The molecule has 13 heavy (non-hydrogen) atoms. The Kier molecular flexibility index (Phi) is 2.96. The predicted molar refractivity (Wildman–Crippen MR) is 56.1 cm³/mol. The van der Waals surface area contributed by atoms with E-state index in [0.29, 0.717) is 0 Å². The van der Waals surface area contributed by atoms with Crippen molar-refractivity contribution in [2.75, 3.05) is 13.1 Å². The number of hydrogen-bond acceptors (Lipinski definition) is 3. The van der Waals surface area contributed by atoms with Crippen LogP contribution in [0, 0.1) is 12.8 Å². The summed E-state index contributed by atoms with van der Waals surface area (Å²) in [6, 6.07) is 0. The Morgan fingerprint density at radius 3 is 2.92 bits per heavy atom. The number of thiazole rings is 1. The maximum Gasteiger partial charge on any atom is 0.0930 e. The van der Waals surface area contributed by atoms with E-state index < -0.39 is 0 Å². The Labute approximate surface area is 83.4 Å². The van der Waals surface area contributed by atoms with E-state index in [2.05, 4.69) is 17.2 Å². The molecule has 72 valence electrons. The summed E-state index contributed by atoms with van der Waals surface area (Å²) in [5, 5.41) is 4.71. The van der Waals surface area contributed by atoms with Gasteiger partial charge in [0.2, 0.25) is 0 Å². The van der Waals surface area contributed by atoms with E-state index in [9.17, 15) is 0 Å². The predicted octanol–water partition coefficient (Wildman–Crippen LogP) is 1.99. The van der Waals surface area contributed by atoms with Crippen molar-refractivity contribution in [3.05, 3.63) is 16.1 Å². The zero-order chi connectivity index (χ0) is 9.10. The van der Waals surface area contributed by atoms with Gasteiger partial charge >= 0.3 is 0 Å². The number of aromatic nitrogens is 1. The summed E-state index contributed by atoms with van der Waals surface area (Å²) in [7, 11) is 0. The van der Waals surface area contributed by atoms with Gasteiger partial charge in [0.15, 0.2) is 0 Å². The lowest BCUT2D eigenvalue weighted by Gasteiger charge is -2.21. The van der Waals surface area contributed by atoms with E-state index >= 15 is 0 Å². The number of aryl methyl sites for hydroxylation is 1. The Hall–Kier alpha value is -0.410. The third kappa shape index (κ3) is 2.51. The minimum atomic E-state index is 0.867. The van der Waals surface area contributed by atoms with E-state index in [4.69, 9.17) is 0 Å². The minimum Gasteiger partial charge on any atom is -0.317 e. The molecule has 0 aliphatic carbocycles. The summed E-state index contributed by atoms with van der Waals surface area (Å²) < 4.78 is 0. The highest BCUT2D eigenvalue weighted by Crippen LogP contribution is 2.20. The highest BCUT2D eigenvalue weighted by molar-refractivity contribution is 7.11. The summed E-state index contributed by atoms with van der Waals surface area (Å²) >= 11 is 1.85. The lowest BCUT2D eigenvalue weighted by atomic mass is 9.95. The van der Waals surface area contributed by atoms with Crippen molar-refractivity contribution in [1.82, 2.24) is 10.3 Å². The van der Waals surface area contributed by atoms with Gasteiger partial charge < -0.3 is 5.32 Å². The van der Waals surface area contributed by atoms with Crippen molar-refractivity contribution in [3.63, 3.8) is 0 Å². The van der Waals surface area contributed by atoms with Crippen LogP contribution in [0.1, 0.15) is 22.7 Å². The first-order valence-electron chi connectivity index (χ1n) is 4.96. The molecule has 2 heterocycles. The number of nitrogens with one attached hydrogen (secondary N) is 1. The summed E-state index contributed by atoms with van der Waals surface area (Å²) in [5.74, 6) is 0.867. The second-order valence-electron chi connectivity index (χ2n) is 3.76. The average molecular weight is 196 g/mol. The van der Waals surface area contributed by atoms with Crippen LogP contribution in [0.3, 0.4) is 0 Å². The number of nitrogens with zero attached hydrogens (tertiary/aromatic N) is 1. The van der Waals surface area contributed by atoms with E-state index in [0.717, 1.165) is 5.92 Å². The largest absolute Gasteiger partial charge is 0.317 e. The molecule has 1 N–H and O–H groups in total. The van der Waals surface area contributed by atoms with Crippen molar-refractivity contribution in [3.8, 4) is 0 Å². The lowest BCUT2D eigenvalue weighted by molar-refractivity contribution is 0.372. The van der Waals surface area contributed by atoms with Crippen molar-refractivity contribution in [2.24, 2.45) is 5.92 Å². The summed E-state index contributed by atoms with van der Waals surface area (Å²) in [6.45, 7) is 4.51. The second-order valence-corrected chi connectivity index (χ2v) is 5.08. The zero-order valence-electron chi connectivity index (χ0n) is 8.05. The number of rotatable bonds is 2. The second kappa shape index (κ2) is 4.20. The van der Waals surface area contributed by atoms with Crippen LogP contribution in [0.5, 0.6) is 0 Å². The Morgan fingerprint density at radius 2 is 2.31 bits per heavy atom. The molecule has 0 atom stereocenters. The Bertz CT molecular complexity index is 264. The lowest BCUT2D eigenvalue weighted by Crippen LogP contribution is -2.28. The van der Waals surface area contributed by atoms with Gasteiger partial charge in [0.25, 0.3) is 0 Å². The van der Waals surface area contributed by atoms with Crippen LogP contribution in [0.2, 0.25) is 0 Å². The molecule has 1 aliphatic rings. The standard InChI is InChI=1S/C10H16N2S/c1-8-7-12-10(13-8)6-9-2-4-11-5-3-9/h7,9,11H,2-6H2,1H3. The van der Waals surface area contributed by atoms with E-state index in [1.165, 1.54) is 42.2 Å². The summed E-state index contributed by atoms with van der Waals surface area (Å²) in [4.78, 5) is 5.74. The molecule has 2 rings (SSSR count). The van der Waals surface area contributed by atoms with Gasteiger partial charge in [0.05, 0.1) is 5.01 Å². The third-order valence-corrected chi connectivity index (χ3v) is 3.53. The van der Waals surface area contributed by atoms with Gasteiger partial charge in [-0.3, -0.25) is 0 Å². The Balaban J connectivity index is 1.89. The highest BCUT2D eigenvalue weighted by Gasteiger charge is 2.14. The van der Waals surface area contributed by atoms with Crippen molar-refractivity contribution >= 4 is 11.3 Å². The van der Waals surface area contributed by atoms with Gasteiger partial charge in [0, 0.05) is 17.5 Å². The van der Waals surface area contributed by atoms with Crippen LogP contribution < -0.4 is 5.32 Å². The molecular weight excluding hydrogens is 180 g/mol. The molecule has 1 aliphatic heterocycles. The molecule has 0 saturated carbocycles. The molecule has 0 radical (unpaired) electrons. The number of piperidine rings is 1. The molecule has 0 unspecified atom stereocenters. The van der Waals surface area contributed by atoms with Crippen LogP contribution in [0.15, 0.2) is 6.20 Å². The number of hydrogen-bond donors (Lipinski definition) is 1. The normalized spacial score (nSPS) is 19.2. The van der Waals surface area contributed by atoms with Crippen LogP contribution in [-0.4, -0.2) is 18.1 Å². The van der Waals surface area contributed by atoms with Gasteiger partial charge in [0.1, 0.15) is 0 Å². The quantitative estimate of drug-likeness (QED) is 0.782. The molecule has 0 amide bonds. The van der Waals surface area contributed by atoms with Gasteiger partial charge in [-0.25, -0.2) is 4.98 Å². The first-order valence-corrected chi connectivity index (χ1v) is 5.78. The molecule has 0 spiro atoms. The van der Waals surface area contributed by atoms with Crippen LogP contribution in [-0.2, 0) is 6.42 Å². The van der Waals surface area contributed by atoms with Crippen molar-refractivity contribution in [1.29, 1.82) is 0 Å². The molecule has 1 fully saturated rings.